The number of carboxylic acid groups (broad SMARTS) is 1. The lowest BCUT2D eigenvalue weighted by Crippen LogP contribution is -2.36. The van der Waals surface area contributed by atoms with Crippen LogP contribution in [0.25, 0.3) is 0 Å². The van der Waals surface area contributed by atoms with Crippen LogP contribution in [-0.2, 0) is 4.79 Å². The summed E-state index contributed by atoms with van der Waals surface area (Å²) in [7, 11) is 3.80. The molecule has 0 aliphatic carbocycles. The van der Waals surface area contributed by atoms with Gasteiger partial charge in [-0.05, 0) is 27.4 Å². The highest BCUT2D eigenvalue weighted by atomic mass is 16.4. The number of hydrogen-bond acceptors (Lipinski definition) is 2. The van der Waals surface area contributed by atoms with E-state index in [-0.39, 0.29) is 12.0 Å². The van der Waals surface area contributed by atoms with E-state index in [1.54, 1.807) is 0 Å². The second-order valence-electron chi connectivity index (χ2n) is 3.06. The number of nitrogens with zero attached hydrogens (tertiary/aromatic N) is 1. The van der Waals surface area contributed by atoms with Gasteiger partial charge in [0.15, 0.2) is 0 Å². The summed E-state index contributed by atoms with van der Waals surface area (Å²) in [5.74, 6) is -0.946. The molecule has 0 amide bonds. The fourth-order valence-electron chi connectivity index (χ4n) is 1.08. The number of rotatable bonds is 4. The van der Waals surface area contributed by atoms with Crippen LogP contribution >= 0.6 is 0 Å². The highest BCUT2D eigenvalue weighted by Crippen LogP contribution is 2.12. The van der Waals surface area contributed by atoms with Crippen LogP contribution in [0, 0.1) is 5.92 Å². The van der Waals surface area contributed by atoms with Crippen LogP contribution < -0.4 is 0 Å². The SMILES string of the molecule is CCC(C(=O)O)C(C)N(C)C. The molecule has 0 saturated heterocycles. The molecule has 2 atom stereocenters. The number of aliphatic carboxylic acids is 1. The van der Waals surface area contributed by atoms with Gasteiger partial charge >= 0.3 is 5.97 Å². The smallest absolute Gasteiger partial charge is 0.308 e. The first-order chi connectivity index (χ1) is 5.00. The zero-order valence-electron chi connectivity index (χ0n) is 7.66. The van der Waals surface area contributed by atoms with E-state index in [0.29, 0.717) is 6.42 Å². The molecular weight excluding hydrogens is 142 g/mol. The molecular formula is C8H17NO2. The summed E-state index contributed by atoms with van der Waals surface area (Å²) in [6.07, 6.45) is 0.689. The second-order valence-corrected chi connectivity index (χ2v) is 3.06. The van der Waals surface area contributed by atoms with Gasteiger partial charge < -0.3 is 10.0 Å². The average Bonchev–Trinajstić information content (AvgIpc) is 1.88. The van der Waals surface area contributed by atoms with Gasteiger partial charge in [-0.25, -0.2) is 0 Å². The summed E-state index contributed by atoms with van der Waals surface area (Å²) in [6.45, 7) is 3.83. The van der Waals surface area contributed by atoms with Crippen molar-refractivity contribution >= 4 is 5.97 Å². The summed E-state index contributed by atoms with van der Waals surface area (Å²) in [4.78, 5) is 12.6. The number of carboxylic acids is 1. The van der Waals surface area contributed by atoms with Crippen molar-refractivity contribution in [2.45, 2.75) is 26.3 Å². The van der Waals surface area contributed by atoms with Gasteiger partial charge in [-0.15, -0.1) is 0 Å². The Morgan fingerprint density at radius 2 is 2.00 bits per heavy atom. The van der Waals surface area contributed by atoms with Crippen molar-refractivity contribution in [1.29, 1.82) is 0 Å². The maximum atomic E-state index is 10.6. The van der Waals surface area contributed by atoms with Crippen LogP contribution in [0.15, 0.2) is 0 Å². The van der Waals surface area contributed by atoms with Crippen molar-refractivity contribution in [3.05, 3.63) is 0 Å². The lowest BCUT2D eigenvalue weighted by Gasteiger charge is -2.25. The topological polar surface area (TPSA) is 40.5 Å². The molecule has 2 unspecified atom stereocenters. The molecule has 11 heavy (non-hydrogen) atoms. The summed E-state index contributed by atoms with van der Waals surface area (Å²) in [5, 5.41) is 8.77. The maximum Gasteiger partial charge on any atom is 0.308 e. The molecule has 0 fully saturated rings. The van der Waals surface area contributed by atoms with Crippen LogP contribution in [0.1, 0.15) is 20.3 Å². The van der Waals surface area contributed by atoms with Gasteiger partial charge in [0, 0.05) is 6.04 Å². The molecule has 66 valence electrons. The summed E-state index contributed by atoms with van der Waals surface area (Å²) in [5.41, 5.74) is 0. The van der Waals surface area contributed by atoms with Crippen LogP contribution in [0.3, 0.4) is 0 Å². The number of carbonyl (C=O) groups is 1. The van der Waals surface area contributed by atoms with Crippen molar-refractivity contribution in [2.75, 3.05) is 14.1 Å². The third-order valence-electron chi connectivity index (χ3n) is 2.15. The molecule has 0 aliphatic rings. The molecule has 0 bridgehead atoms. The number of hydrogen-bond donors (Lipinski definition) is 1. The van der Waals surface area contributed by atoms with E-state index < -0.39 is 5.97 Å². The Hall–Kier alpha value is -0.570. The summed E-state index contributed by atoms with van der Waals surface area (Å²) in [6, 6.07) is 0.109. The van der Waals surface area contributed by atoms with E-state index >= 15 is 0 Å². The summed E-state index contributed by atoms with van der Waals surface area (Å²) >= 11 is 0. The molecule has 3 nitrogen and oxygen atoms in total. The van der Waals surface area contributed by atoms with Crippen molar-refractivity contribution in [1.82, 2.24) is 4.90 Å². The Balaban J connectivity index is 4.14. The lowest BCUT2D eigenvalue weighted by molar-refractivity contribution is -0.143. The Labute approximate surface area is 68.0 Å². The van der Waals surface area contributed by atoms with Crippen molar-refractivity contribution < 1.29 is 9.90 Å². The van der Waals surface area contributed by atoms with Gasteiger partial charge in [0.2, 0.25) is 0 Å². The summed E-state index contributed by atoms with van der Waals surface area (Å²) < 4.78 is 0. The highest BCUT2D eigenvalue weighted by molar-refractivity contribution is 5.70. The molecule has 1 N–H and O–H groups in total. The minimum Gasteiger partial charge on any atom is -0.481 e. The first-order valence-electron chi connectivity index (χ1n) is 3.90. The lowest BCUT2D eigenvalue weighted by atomic mass is 9.98. The molecule has 0 rings (SSSR count). The molecule has 0 heterocycles. The van der Waals surface area contributed by atoms with E-state index in [4.69, 9.17) is 5.11 Å². The Morgan fingerprint density at radius 1 is 1.55 bits per heavy atom. The van der Waals surface area contributed by atoms with Crippen molar-refractivity contribution in [2.24, 2.45) is 5.92 Å². The molecule has 0 aromatic heterocycles. The third-order valence-corrected chi connectivity index (χ3v) is 2.15. The Bertz CT molecular complexity index is 134. The quantitative estimate of drug-likeness (QED) is 0.666. The van der Waals surface area contributed by atoms with Crippen LogP contribution in [-0.4, -0.2) is 36.1 Å². The van der Waals surface area contributed by atoms with Gasteiger partial charge in [-0.2, -0.15) is 0 Å². The first kappa shape index (κ1) is 10.4. The van der Waals surface area contributed by atoms with Crippen LogP contribution in [0.5, 0.6) is 0 Å². The molecule has 0 aliphatic heterocycles. The zero-order chi connectivity index (χ0) is 9.02. The molecule has 0 spiro atoms. The molecule has 0 saturated carbocycles. The monoisotopic (exact) mass is 159 g/mol. The van der Waals surface area contributed by atoms with E-state index in [1.165, 1.54) is 0 Å². The molecule has 3 heteroatoms. The van der Waals surface area contributed by atoms with Gasteiger partial charge in [0.1, 0.15) is 0 Å². The zero-order valence-corrected chi connectivity index (χ0v) is 7.66. The van der Waals surface area contributed by atoms with Crippen molar-refractivity contribution in [3.8, 4) is 0 Å². The first-order valence-corrected chi connectivity index (χ1v) is 3.90. The molecule has 0 aromatic carbocycles. The predicted molar refractivity (Wildman–Crippen MR) is 44.6 cm³/mol. The minimum atomic E-state index is -0.700. The Kier molecular flexibility index (Phi) is 4.11. The van der Waals surface area contributed by atoms with Crippen LogP contribution in [0.4, 0.5) is 0 Å². The standard InChI is InChI=1S/C8H17NO2/c1-5-7(8(10)11)6(2)9(3)4/h6-7H,5H2,1-4H3,(H,10,11). The minimum absolute atomic E-state index is 0.109. The Morgan fingerprint density at radius 3 is 2.09 bits per heavy atom. The molecule has 0 radical (unpaired) electrons. The maximum absolute atomic E-state index is 10.6. The fourth-order valence-corrected chi connectivity index (χ4v) is 1.08. The highest BCUT2D eigenvalue weighted by Gasteiger charge is 2.23. The fraction of sp³-hybridized carbons (Fsp3) is 0.875. The largest absolute Gasteiger partial charge is 0.481 e. The van der Waals surface area contributed by atoms with E-state index in [1.807, 2.05) is 32.8 Å². The third kappa shape index (κ3) is 2.89. The van der Waals surface area contributed by atoms with Crippen molar-refractivity contribution in [3.63, 3.8) is 0 Å². The van der Waals surface area contributed by atoms with E-state index in [2.05, 4.69) is 0 Å². The normalized spacial score (nSPS) is 16.5. The van der Waals surface area contributed by atoms with E-state index in [9.17, 15) is 4.79 Å². The predicted octanol–water partition coefficient (Wildman–Crippen LogP) is 1.05. The van der Waals surface area contributed by atoms with Gasteiger partial charge in [0.25, 0.3) is 0 Å². The average molecular weight is 159 g/mol. The van der Waals surface area contributed by atoms with E-state index in [0.717, 1.165) is 0 Å². The second kappa shape index (κ2) is 4.34. The van der Waals surface area contributed by atoms with Crippen LogP contribution in [0.2, 0.25) is 0 Å². The van der Waals surface area contributed by atoms with Gasteiger partial charge in [0.05, 0.1) is 5.92 Å². The van der Waals surface area contributed by atoms with Gasteiger partial charge in [-0.1, -0.05) is 6.92 Å². The molecule has 0 aromatic rings. The van der Waals surface area contributed by atoms with Gasteiger partial charge in [-0.3, -0.25) is 4.79 Å².